The number of rotatable bonds is 14. The van der Waals surface area contributed by atoms with E-state index in [4.69, 9.17) is 9.47 Å². The molecule has 1 aromatic rings. The predicted molar refractivity (Wildman–Crippen MR) is 140 cm³/mol. The normalized spacial score (nSPS) is 14.2. The van der Waals surface area contributed by atoms with Gasteiger partial charge in [0.15, 0.2) is 0 Å². The van der Waals surface area contributed by atoms with Crippen LogP contribution in [0.15, 0.2) is 60.6 Å². The first kappa shape index (κ1) is 28.8. The zero-order valence-electron chi connectivity index (χ0n) is 21.4. The Morgan fingerprint density at radius 1 is 1.08 bits per heavy atom. The number of nitrogens with one attached hydrogen (secondary N) is 1. The van der Waals surface area contributed by atoms with E-state index < -0.39 is 17.7 Å². The molecule has 0 saturated heterocycles. The van der Waals surface area contributed by atoms with E-state index in [0.29, 0.717) is 6.42 Å². The molecule has 8 heteroatoms. The van der Waals surface area contributed by atoms with Gasteiger partial charge >= 0.3 is 12.1 Å². The maximum absolute atomic E-state index is 12.7. The maximum atomic E-state index is 12.7. The summed E-state index contributed by atoms with van der Waals surface area (Å²) in [7, 11) is 1.58. The smallest absolute Gasteiger partial charge is 0.437 e. The summed E-state index contributed by atoms with van der Waals surface area (Å²) < 4.78 is 11.0. The number of ether oxygens (including phenoxy) is 2. The van der Waals surface area contributed by atoms with Crippen LogP contribution in [-0.2, 0) is 25.7 Å². The fourth-order valence-corrected chi connectivity index (χ4v) is 3.87. The number of hydrogen-bond acceptors (Lipinski definition) is 5. The van der Waals surface area contributed by atoms with E-state index in [1.165, 1.54) is 4.90 Å². The third kappa shape index (κ3) is 10.5. The summed E-state index contributed by atoms with van der Waals surface area (Å²) in [6, 6.07) is 9.22. The van der Waals surface area contributed by atoms with E-state index in [9.17, 15) is 14.4 Å². The molecule has 0 unspecified atom stereocenters. The number of amides is 2. The molecule has 0 spiro atoms. The number of guanidine groups is 1. The van der Waals surface area contributed by atoms with Crippen molar-refractivity contribution in [2.45, 2.75) is 76.4 Å². The molecule has 1 fully saturated rings. The van der Waals surface area contributed by atoms with Crippen LogP contribution in [0.2, 0.25) is 0 Å². The van der Waals surface area contributed by atoms with E-state index in [2.05, 4.69) is 23.5 Å². The summed E-state index contributed by atoms with van der Waals surface area (Å²) >= 11 is 0. The molecule has 8 nitrogen and oxygen atoms in total. The summed E-state index contributed by atoms with van der Waals surface area (Å²) in [5.41, 5.74) is 0.362. The highest BCUT2D eigenvalue weighted by atomic mass is 16.6. The average Bonchev–Trinajstić information content (AvgIpc) is 2.84. The number of hydrogen-bond donors (Lipinski definition) is 1. The van der Waals surface area contributed by atoms with Crippen LogP contribution in [0.4, 0.5) is 4.79 Å². The van der Waals surface area contributed by atoms with E-state index in [1.54, 1.807) is 7.05 Å². The number of carbonyl (C=O) groups is 3. The highest BCUT2D eigenvalue weighted by Gasteiger charge is 2.40. The molecule has 0 atom stereocenters. The minimum atomic E-state index is -0.859. The summed E-state index contributed by atoms with van der Waals surface area (Å²) in [4.78, 5) is 43.0. The van der Waals surface area contributed by atoms with Crippen LogP contribution in [0.1, 0.15) is 69.8 Å². The van der Waals surface area contributed by atoms with Crippen LogP contribution in [0, 0.1) is 0 Å². The average molecular weight is 498 g/mol. The molecule has 1 aromatic carbocycles. The Bertz CT molecular complexity index is 909. The lowest BCUT2D eigenvalue weighted by atomic mass is 9.76. The Labute approximate surface area is 214 Å². The first-order chi connectivity index (χ1) is 17.4. The van der Waals surface area contributed by atoms with Crippen LogP contribution in [0.25, 0.3) is 0 Å². The minimum absolute atomic E-state index is 0.0464. The van der Waals surface area contributed by atoms with Crippen LogP contribution in [0.3, 0.4) is 0 Å². The van der Waals surface area contributed by atoms with Crippen molar-refractivity contribution in [1.82, 2.24) is 10.2 Å². The second-order valence-corrected chi connectivity index (χ2v) is 9.11. The number of carbonyl (C=O) groups excluding carboxylic acids is 3. The molecule has 196 valence electrons. The zero-order valence-corrected chi connectivity index (χ0v) is 21.4. The van der Waals surface area contributed by atoms with Crippen molar-refractivity contribution in [1.29, 1.82) is 0 Å². The Morgan fingerprint density at radius 2 is 1.81 bits per heavy atom. The second kappa shape index (κ2) is 15.5. The maximum Gasteiger partial charge on any atom is 0.437 e. The van der Waals surface area contributed by atoms with Crippen molar-refractivity contribution in [3.63, 3.8) is 0 Å². The van der Waals surface area contributed by atoms with Gasteiger partial charge in [0.1, 0.15) is 18.8 Å². The molecule has 1 aliphatic carbocycles. The van der Waals surface area contributed by atoms with Gasteiger partial charge in [-0.15, -0.1) is 18.2 Å². The van der Waals surface area contributed by atoms with Gasteiger partial charge in [-0.2, -0.15) is 0 Å². The standard InChI is InChI=1S/C28H39N3O5/c1-4-6-8-9-13-17-24(32)29-26(30-27(34)35-22-23-15-11-10-12-16-23)31(3)21-25(33)36-28(18-7-5-2)19-14-20-28/h4-5,10-12,15-16H,1-2,6-9,13-14,17-22H2,3H3,(H,29,30,32,34). The fraction of sp³-hybridized carbons (Fsp3) is 0.500. The Hall–Kier alpha value is -3.42. The van der Waals surface area contributed by atoms with Gasteiger partial charge in [0.05, 0.1) is 0 Å². The summed E-state index contributed by atoms with van der Waals surface area (Å²) in [6.45, 7) is 7.32. The molecule has 0 aromatic heterocycles. The topological polar surface area (TPSA) is 97.3 Å². The van der Waals surface area contributed by atoms with Crippen LogP contribution < -0.4 is 5.32 Å². The van der Waals surface area contributed by atoms with Crippen LogP contribution >= 0.6 is 0 Å². The number of likely N-dealkylation sites (N-methyl/N-ethyl adjacent to an activating group) is 1. The largest absolute Gasteiger partial charge is 0.458 e. The Morgan fingerprint density at radius 3 is 2.44 bits per heavy atom. The third-order valence-electron chi connectivity index (χ3n) is 6.09. The van der Waals surface area contributed by atoms with Gasteiger partial charge in [0.25, 0.3) is 0 Å². The van der Waals surface area contributed by atoms with E-state index in [-0.39, 0.29) is 31.4 Å². The van der Waals surface area contributed by atoms with Crippen molar-refractivity contribution < 1.29 is 23.9 Å². The zero-order chi connectivity index (χ0) is 26.2. The molecule has 1 N–H and O–H groups in total. The lowest BCUT2D eigenvalue weighted by Crippen LogP contribution is -2.48. The molecule has 0 bridgehead atoms. The minimum Gasteiger partial charge on any atom is -0.458 e. The summed E-state index contributed by atoms with van der Waals surface area (Å²) in [6.07, 6.45) is 10.7. The van der Waals surface area contributed by atoms with Gasteiger partial charge < -0.3 is 14.4 Å². The van der Waals surface area contributed by atoms with Gasteiger partial charge in [0, 0.05) is 13.5 Å². The highest BCUT2D eigenvalue weighted by Crippen LogP contribution is 2.39. The third-order valence-corrected chi connectivity index (χ3v) is 6.09. The highest BCUT2D eigenvalue weighted by molar-refractivity contribution is 6.01. The first-order valence-corrected chi connectivity index (χ1v) is 12.6. The number of esters is 1. The molecular formula is C28H39N3O5. The first-order valence-electron chi connectivity index (χ1n) is 12.6. The monoisotopic (exact) mass is 497 g/mol. The van der Waals surface area contributed by atoms with Gasteiger partial charge in [-0.3, -0.25) is 14.9 Å². The number of nitrogens with zero attached hydrogens (tertiary/aromatic N) is 2. The molecule has 0 aliphatic heterocycles. The SMILES string of the molecule is C=CCCCCCC(=O)NC(=NC(=O)OCc1ccccc1)N(C)CC(=O)OC1(CCC=C)CCC1. The number of aliphatic imine (C=N–C) groups is 1. The molecule has 1 aliphatic rings. The molecule has 0 radical (unpaired) electrons. The summed E-state index contributed by atoms with van der Waals surface area (Å²) in [5.74, 6) is -0.773. The van der Waals surface area contributed by atoms with Gasteiger partial charge in [-0.25, -0.2) is 4.79 Å². The molecule has 0 heterocycles. The van der Waals surface area contributed by atoms with E-state index in [1.807, 2.05) is 42.5 Å². The molecule has 2 rings (SSSR count). The van der Waals surface area contributed by atoms with E-state index in [0.717, 1.165) is 56.9 Å². The van der Waals surface area contributed by atoms with Crippen molar-refractivity contribution >= 4 is 23.9 Å². The van der Waals surface area contributed by atoms with Gasteiger partial charge in [0.2, 0.25) is 11.9 Å². The van der Waals surface area contributed by atoms with Crippen LogP contribution in [0.5, 0.6) is 0 Å². The lowest BCUT2D eigenvalue weighted by molar-refractivity contribution is -0.170. The Balaban J connectivity index is 2.00. The van der Waals surface area contributed by atoms with Gasteiger partial charge in [-0.05, 0) is 56.9 Å². The van der Waals surface area contributed by atoms with Crippen molar-refractivity contribution in [3.05, 3.63) is 61.2 Å². The number of benzene rings is 1. The summed E-state index contributed by atoms with van der Waals surface area (Å²) in [5, 5.41) is 2.66. The quantitative estimate of drug-likeness (QED) is 0.123. The molecule has 36 heavy (non-hydrogen) atoms. The molecule has 1 saturated carbocycles. The number of allylic oxidation sites excluding steroid dienone is 2. The van der Waals surface area contributed by atoms with E-state index >= 15 is 0 Å². The fourth-order valence-electron chi connectivity index (χ4n) is 3.87. The predicted octanol–water partition coefficient (Wildman–Crippen LogP) is 5.30. The molecular weight excluding hydrogens is 458 g/mol. The van der Waals surface area contributed by atoms with Crippen LogP contribution in [-0.4, -0.2) is 48.0 Å². The van der Waals surface area contributed by atoms with Crippen molar-refractivity contribution in [2.24, 2.45) is 4.99 Å². The van der Waals surface area contributed by atoms with Crippen molar-refractivity contribution in [2.75, 3.05) is 13.6 Å². The van der Waals surface area contributed by atoms with Crippen molar-refractivity contribution in [3.8, 4) is 0 Å². The van der Waals surface area contributed by atoms with Gasteiger partial charge in [-0.1, -0.05) is 48.9 Å². The Kier molecular flexibility index (Phi) is 12.4. The number of unbranched alkanes of at least 4 members (excludes halogenated alkanes) is 3. The lowest BCUT2D eigenvalue weighted by Gasteiger charge is -2.41. The second-order valence-electron chi connectivity index (χ2n) is 9.11. The molecule has 2 amide bonds.